The van der Waals surface area contributed by atoms with Crippen molar-refractivity contribution < 1.29 is 17.6 Å². The zero-order valence-electron chi connectivity index (χ0n) is 15.0. The predicted molar refractivity (Wildman–Crippen MR) is 108 cm³/mol. The standard InChI is InChI=1S/C24H14F4S/c25-17-11-19(27)23(15-7-3-1-4-8-15)21(13-17)29-22-14-18(26)12-20(28)24(22)16-9-5-2-6-10-16/h1-14H. The van der Waals surface area contributed by atoms with Gasteiger partial charge >= 0.3 is 0 Å². The number of rotatable bonds is 4. The van der Waals surface area contributed by atoms with Gasteiger partial charge in [-0.3, -0.25) is 0 Å². The van der Waals surface area contributed by atoms with E-state index in [0.717, 1.165) is 23.9 Å². The van der Waals surface area contributed by atoms with E-state index >= 15 is 0 Å². The van der Waals surface area contributed by atoms with E-state index in [2.05, 4.69) is 0 Å². The molecule has 29 heavy (non-hydrogen) atoms. The lowest BCUT2D eigenvalue weighted by Crippen LogP contribution is -1.94. The van der Waals surface area contributed by atoms with Crippen LogP contribution in [0.4, 0.5) is 17.6 Å². The van der Waals surface area contributed by atoms with Gasteiger partial charge in [0.25, 0.3) is 0 Å². The lowest BCUT2D eigenvalue weighted by Gasteiger charge is -2.15. The lowest BCUT2D eigenvalue weighted by atomic mass is 10.0. The second-order valence-electron chi connectivity index (χ2n) is 6.36. The van der Waals surface area contributed by atoms with Crippen LogP contribution in [0.1, 0.15) is 0 Å². The van der Waals surface area contributed by atoms with Gasteiger partial charge in [0, 0.05) is 33.1 Å². The van der Waals surface area contributed by atoms with Gasteiger partial charge in [-0.15, -0.1) is 0 Å². The van der Waals surface area contributed by atoms with Crippen molar-refractivity contribution in [1.82, 2.24) is 0 Å². The largest absolute Gasteiger partial charge is 0.207 e. The Labute approximate surface area is 169 Å². The summed E-state index contributed by atoms with van der Waals surface area (Å²) in [5.74, 6) is -3.00. The number of hydrogen-bond acceptors (Lipinski definition) is 1. The van der Waals surface area contributed by atoms with E-state index in [1.165, 1.54) is 12.1 Å². The van der Waals surface area contributed by atoms with Crippen LogP contribution in [-0.2, 0) is 0 Å². The van der Waals surface area contributed by atoms with E-state index < -0.39 is 23.3 Å². The van der Waals surface area contributed by atoms with E-state index in [0.29, 0.717) is 11.1 Å². The van der Waals surface area contributed by atoms with E-state index in [-0.39, 0.29) is 20.9 Å². The molecular formula is C24H14F4S. The molecule has 0 aliphatic rings. The minimum Gasteiger partial charge on any atom is -0.207 e. The first-order valence-electron chi connectivity index (χ1n) is 8.79. The van der Waals surface area contributed by atoms with Crippen LogP contribution in [0.15, 0.2) is 94.7 Å². The summed E-state index contributed by atoms with van der Waals surface area (Å²) in [4.78, 5) is 0.465. The van der Waals surface area contributed by atoms with E-state index in [9.17, 15) is 17.6 Å². The van der Waals surface area contributed by atoms with Gasteiger partial charge in [0.05, 0.1) is 0 Å². The zero-order chi connectivity index (χ0) is 20.4. The normalized spacial score (nSPS) is 10.9. The quantitative estimate of drug-likeness (QED) is 0.310. The van der Waals surface area contributed by atoms with Crippen LogP contribution in [0.2, 0.25) is 0 Å². The summed E-state index contributed by atoms with van der Waals surface area (Å²) in [5, 5.41) is 0. The molecule has 0 nitrogen and oxygen atoms in total. The molecule has 4 aromatic carbocycles. The van der Waals surface area contributed by atoms with Crippen molar-refractivity contribution in [2.24, 2.45) is 0 Å². The van der Waals surface area contributed by atoms with Crippen molar-refractivity contribution in [2.75, 3.05) is 0 Å². The monoisotopic (exact) mass is 410 g/mol. The third-order valence-electron chi connectivity index (χ3n) is 4.38. The Morgan fingerprint density at radius 2 is 0.862 bits per heavy atom. The predicted octanol–water partition coefficient (Wildman–Crippen LogP) is 7.73. The van der Waals surface area contributed by atoms with Crippen molar-refractivity contribution in [3.8, 4) is 22.3 Å². The van der Waals surface area contributed by atoms with E-state index in [4.69, 9.17) is 0 Å². The highest BCUT2D eigenvalue weighted by atomic mass is 32.2. The van der Waals surface area contributed by atoms with Crippen molar-refractivity contribution in [1.29, 1.82) is 0 Å². The number of benzene rings is 4. The SMILES string of the molecule is Fc1cc(F)c(-c2ccccc2)c(Sc2cc(F)cc(F)c2-c2ccccc2)c1. The zero-order valence-corrected chi connectivity index (χ0v) is 15.8. The van der Waals surface area contributed by atoms with Gasteiger partial charge < -0.3 is 0 Å². The Balaban J connectivity index is 1.90. The summed E-state index contributed by atoms with van der Waals surface area (Å²) < 4.78 is 57.4. The maximum atomic E-state index is 14.7. The van der Waals surface area contributed by atoms with Gasteiger partial charge in [0.1, 0.15) is 23.3 Å². The molecule has 0 amide bonds. The molecule has 0 fully saturated rings. The Morgan fingerprint density at radius 3 is 1.24 bits per heavy atom. The highest BCUT2D eigenvalue weighted by Crippen LogP contribution is 2.43. The average Bonchev–Trinajstić information content (AvgIpc) is 2.68. The first kappa shape index (κ1) is 19.3. The maximum Gasteiger partial charge on any atom is 0.135 e. The summed E-state index contributed by atoms with van der Waals surface area (Å²) >= 11 is 0.927. The summed E-state index contributed by atoms with van der Waals surface area (Å²) in [6.07, 6.45) is 0. The lowest BCUT2D eigenvalue weighted by molar-refractivity contribution is 0.579. The van der Waals surface area contributed by atoms with Crippen LogP contribution in [0.25, 0.3) is 22.3 Å². The highest BCUT2D eigenvalue weighted by molar-refractivity contribution is 7.99. The molecular weight excluding hydrogens is 396 g/mol. The fourth-order valence-electron chi connectivity index (χ4n) is 3.15. The van der Waals surface area contributed by atoms with Gasteiger partial charge in [-0.25, -0.2) is 17.6 Å². The van der Waals surface area contributed by atoms with Gasteiger partial charge in [-0.1, -0.05) is 72.4 Å². The molecule has 144 valence electrons. The molecule has 0 unspecified atom stereocenters. The molecule has 0 aliphatic heterocycles. The van der Waals surface area contributed by atoms with E-state index in [1.807, 2.05) is 0 Å². The summed E-state index contributed by atoms with van der Waals surface area (Å²) in [6.45, 7) is 0. The Hall–Kier alpha value is -3.05. The molecule has 4 aromatic rings. The van der Waals surface area contributed by atoms with Crippen LogP contribution in [0.3, 0.4) is 0 Å². The Bertz CT molecular complexity index is 1070. The second kappa shape index (κ2) is 8.13. The molecule has 0 saturated heterocycles. The van der Waals surface area contributed by atoms with Crippen LogP contribution in [0, 0.1) is 23.3 Å². The molecule has 0 atom stereocenters. The molecule has 0 aromatic heterocycles. The van der Waals surface area contributed by atoms with E-state index in [1.54, 1.807) is 60.7 Å². The molecule has 0 spiro atoms. The van der Waals surface area contributed by atoms with Crippen molar-refractivity contribution in [2.45, 2.75) is 9.79 Å². The summed E-state index contributed by atoms with van der Waals surface area (Å²) in [7, 11) is 0. The van der Waals surface area contributed by atoms with Crippen molar-refractivity contribution in [3.05, 3.63) is 108 Å². The first-order valence-corrected chi connectivity index (χ1v) is 9.61. The van der Waals surface area contributed by atoms with Gasteiger partial charge in [-0.2, -0.15) is 0 Å². The minimum absolute atomic E-state index is 0.181. The van der Waals surface area contributed by atoms with Crippen LogP contribution in [-0.4, -0.2) is 0 Å². The van der Waals surface area contributed by atoms with Crippen LogP contribution >= 0.6 is 11.8 Å². The Kier molecular flexibility index (Phi) is 5.41. The van der Waals surface area contributed by atoms with Crippen molar-refractivity contribution >= 4 is 11.8 Å². The van der Waals surface area contributed by atoms with Crippen LogP contribution in [0.5, 0.6) is 0 Å². The fraction of sp³-hybridized carbons (Fsp3) is 0. The second-order valence-corrected chi connectivity index (χ2v) is 7.44. The van der Waals surface area contributed by atoms with Crippen LogP contribution < -0.4 is 0 Å². The third kappa shape index (κ3) is 4.05. The van der Waals surface area contributed by atoms with Gasteiger partial charge in [0.15, 0.2) is 0 Å². The third-order valence-corrected chi connectivity index (χ3v) is 5.47. The fourth-order valence-corrected chi connectivity index (χ4v) is 4.36. The first-order chi connectivity index (χ1) is 14.0. The average molecular weight is 410 g/mol. The molecule has 5 heteroatoms. The molecule has 0 saturated carbocycles. The van der Waals surface area contributed by atoms with Gasteiger partial charge in [-0.05, 0) is 23.3 Å². The minimum atomic E-state index is -0.761. The Morgan fingerprint density at radius 1 is 0.483 bits per heavy atom. The maximum absolute atomic E-state index is 14.7. The molecule has 0 radical (unpaired) electrons. The van der Waals surface area contributed by atoms with Gasteiger partial charge in [0.2, 0.25) is 0 Å². The molecule has 0 aliphatic carbocycles. The molecule has 0 N–H and O–H groups in total. The molecule has 4 rings (SSSR count). The highest BCUT2D eigenvalue weighted by Gasteiger charge is 2.19. The summed E-state index contributed by atoms with van der Waals surface area (Å²) in [6, 6.07) is 21.3. The molecule has 0 heterocycles. The van der Waals surface area contributed by atoms with Crippen molar-refractivity contribution in [3.63, 3.8) is 0 Å². The summed E-state index contributed by atoms with van der Waals surface area (Å²) in [5.41, 5.74) is 1.46. The number of hydrogen-bond donors (Lipinski definition) is 0. The molecule has 0 bridgehead atoms. The topological polar surface area (TPSA) is 0 Å². The number of halogens is 4. The smallest absolute Gasteiger partial charge is 0.135 e.